The van der Waals surface area contributed by atoms with Crippen molar-refractivity contribution < 1.29 is 0 Å². The molecule has 0 radical (unpaired) electrons. The summed E-state index contributed by atoms with van der Waals surface area (Å²) < 4.78 is 2.04. The van der Waals surface area contributed by atoms with Crippen LogP contribution in [0.25, 0.3) is 0 Å². The van der Waals surface area contributed by atoms with Crippen molar-refractivity contribution >= 4 is 11.8 Å². The second-order valence-electron chi connectivity index (χ2n) is 3.79. The van der Waals surface area contributed by atoms with Crippen LogP contribution in [0.3, 0.4) is 0 Å². The second kappa shape index (κ2) is 3.68. The van der Waals surface area contributed by atoms with Crippen LogP contribution in [0.15, 0.2) is 6.20 Å². The van der Waals surface area contributed by atoms with Crippen LogP contribution >= 0.6 is 0 Å². The van der Waals surface area contributed by atoms with E-state index >= 15 is 0 Å². The first-order valence-corrected chi connectivity index (χ1v) is 4.61. The molecule has 0 bridgehead atoms. The number of anilines is 2. The van der Waals surface area contributed by atoms with Gasteiger partial charge in [0.1, 0.15) is 5.82 Å². The summed E-state index contributed by atoms with van der Waals surface area (Å²) in [6, 6.07) is 0.755. The molecule has 0 unspecified atom stereocenters. The van der Waals surface area contributed by atoms with E-state index in [-0.39, 0.29) is 0 Å². The summed E-state index contributed by atoms with van der Waals surface area (Å²) in [7, 11) is 0. The number of rotatable bonds is 3. The van der Waals surface area contributed by atoms with Gasteiger partial charge in [-0.3, -0.25) is 0 Å². The van der Waals surface area contributed by atoms with Gasteiger partial charge in [0.2, 0.25) is 5.95 Å². The fraction of sp³-hybridized carbons (Fsp3) is 0.667. The van der Waals surface area contributed by atoms with E-state index in [1.165, 1.54) is 0 Å². The number of hydrogen-bond acceptors (Lipinski definition) is 3. The fourth-order valence-electron chi connectivity index (χ4n) is 1.17. The van der Waals surface area contributed by atoms with E-state index in [1.54, 1.807) is 0 Å². The lowest BCUT2D eigenvalue weighted by molar-refractivity contribution is 0.601. The zero-order chi connectivity index (χ0) is 10.0. The van der Waals surface area contributed by atoms with Crippen LogP contribution in [-0.4, -0.2) is 15.6 Å². The first kappa shape index (κ1) is 9.89. The van der Waals surface area contributed by atoms with Gasteiger partial charge in [-0.1, -0.05) is 0 Å². The Kier molecular flexibility index (Phi) is 2.80. The van der Waals surface area contributed by atoms with E-state index in [1.807, 2.05) is 10.8 Å². The lowest BCUT2D eigenvalue weighted by Gasteiger charge is -2.14. The van der Waals surface area contributed by atoms with Crippen molar-refractivity contribution in [1.82, 2.24) is 9.55 Å². The average molecular weight is 182 g/mol. The summed E-state index contributed by atoms with van der Waals surface area (Å²) >= 11 is 0. The maximum atomic E-state index is 5.62. The van der Waals surface area contributed by atoms with Gasteiger partial charge < -0.3 is 15.6 Å². The molecule has 0 saturated heterocycles. The molecule has 74 valence electrons. The second-order valence-corrected chi connectivity index (χ2v) is 3.79. The molecule has 1 rings (SSSR count). The van der Waals surface area contributed by atoms with E-state index in [2.05, 4.69) is 38.0 Å². The highest BCUT2D eigenvalue weighted by molar-refractivity contribution is 5.39. The fourth-order valence-corrected chi connectivity index (χ4v) is 1.17. The van der Waals surface area contributed by atoms with Crippen LogP contribution in [0.1, 0.15) is 33.7 Å². The summed E-state index contributed by atoms with van der Waals surface area (Å²) in [5.41, 5.74) is 5.62. The van der Waals surface area contributed by atoms with Crippen LogP contribution in [0.4, 0.5) is 11.8 Å². The van der Waals surface area contributed by atoms with Gasteiger partial charge in [0.05, 0.1) is 0 Å². The molecule has 1 aromatic rings. The molecule has 0 amide bonds. The molecule has 13 heavy (non-hydrogen) atoms. The van der Waals surface area contributed by atoms with Gasteiger partial charge in [-0.25, -0.2) is 0 Å². The molecule has 0 spiro atoms. The molecule has 0 atom stereocenters. The maximum Gasteiger partial charge on any atom is 0.205 e. The van der Waals surface area contributed by atoms with Gasteiger partial charge in [0.25, 0.3) is 0 Å². The molecule has 0 aliphatic carbocycles. The number of hydrogen-bond donors (Lipinski definition) is 2. The third kappa shape index (κ3) is 2.37. The van der Waals surface area contributed by atoms with Gasteiger partial charge in [-0.2, -0.15) is 4.98 Å². The Balaban J connectivity index is 2.91. The number of nitrogens with zero attached hydrogens (tertiary/aromatic N) is 2. The Morgan fingerprint density at radius 1 is 1.38 bits per heavy atom. The normalized spacial score (nSPS) is 11.2. The molecular formula is C9H18N4. The van der Waals surface area contributed by atoms with Gasteiger partial charge in [-0.15, -0.1) is 0 Å². The van der Waals surface area contributed by atoms with Gasteiger partial charge in [0.15, 0.2) is 0 Å². The standard InChI is InChI=1S/C9H18N4/c1-6(2)11-9-12-8(10)5-13(9)7(3)4/h5-7H,10H2,1-4H3,(H,11,12). The molecule has 0 aromatic carbocycles. The van der Waals surface area contributed by atoms with Crippen molar-refractivity contribution in [1.29, 1.82) is 0 Å². The Morgan fingerprint density at radius 3 is 2.46 bits per heavy atom. The lowest BCUT2D eigenvalue weighted by Crippen LogP contribution is -2.15. The minimum atomic E-state index is 0.374. The Bertz CT molecular complexity index is 275. The highest BCUT2D eigenvalue weighted by Gasteiger charge is 2.08. The highest BCUT2D eigenvalue weighted by atomic mass is 15.2. The number of nitrogens with two attached hydrogens (primary N) is 1. The molecule has 4 heteroatoms. The van der Waals surface area contributed by atoms with Gasteiger partial charge >= 0.3 is 0 Å². The van der Waals surface area contributed by atoms with E-state index in [0.29, 0.717) is 17.9 Å². The van der Waals surface area contributed by atoms with Gasteiger partial charge in [0, 0.05) is 18.3 Å². The summed E-state index contributed by atoms with van der Waals surface area (Å²) in [6.45, 7) is 8.37. The topological polar surface area (TPSA) is 55.9 Å². The van der Waals surface area contributed by atoms with Gasteiger partial charge in [-0.05, 0) is 27.7 Å². The summed E-state index contributed by atoms with van der Waals surface area (Å²) in [5, 5.41) is 3.25. The first-order valence-electron chi connectivity index (χ1n) is 4.61. The monoisotopic (exact) mass is 182 g/mol. The summed E-state index contributed by atoms with van der Waals surface area (Å²) in [6.07, 6.45) is 1.86. The van der Waals surface area contributed by atoms with E-state index in [0.717, 1.165) is 5.95 Å². The Morgan fingerprint density at radius 2 is 2.00 bits per heavy atom. The number of imidazole rings is 1. The molecule has 1 heterocycles. The van der Waals surface area contributed by atoms with Crippen LogP contribution in [0.2, 0.25) is 0 Å². The highest BCUT2D eigenvalue weighted by Crippen LogP contribution is 2.17. The third-order valence-corrected chi connectivity index (χ3v) is 1.73. The molecule has 0 fully saturated rings. The third-order valence-electron chi connectivity index (χ3n) is 1.73. The quantitative estimate of drug-likeness (QED) is 0.750. The van der Waals surface area contributed by atoms with Crippen LogP contribution in [0.5, 0.6) is 0 Å². The number of nitrogens with one attached hydrogen (secondary N) is 1. The number of nitrogen functional groups attached to an aromatic ring is 1. The molecule has 0 aliphatic heterocycles. The minimum absolute atomic E-state index is 0.374. The van der Waals surface area contributed by atoms with Crippen molar-refractivity contribution in [3.05, 3.63) is 6.20 Å². The smallest absolute Gasteiger partial charge is 0.205 e. The zero-order valence-electron chi connectivity index (χ0n) is 8.70. The van der Waals surface area contributed by atoms with Crippen molar-refractivity contribution in [2.75, 3.05) is 11.1 Å². The van der Waals surface area contributed by atoms with Crippen molar-refractivity contribution in [3.8, 4) is 0 Å². The number of aromatic nitrogens is 2. The molecular weight excluding hydrogens is 164 g/mol. The molecule has 1 aromatic heterocycles. The van der Waals surface area contributed by atoms with Crippen LogP contribution in [0, 0.1) is 0 Å². The van der Waals surface area contributed by atoms with Crippen LogP contribution < -0.4 is 11.1 Å². The summed E-state index contributed by atoms with van der Waals surface area (Å²) in [5.74, 6) is 1.42. The van der Waals surface area contributed by atoms with E-state index in [4.69, 9.17) is 5.73 Å². The predicted molar refractivity (Wildman–Crippen MR) is 55.8 cm³/mol. The predicted octanol–water partition coefficient (Wildman–Crippen LogP) is 1.87. The van der Waals surface area contributed by atoms with Crippen molar-refractivity contribution in [2.45, 2.75) is 39.8 Å². The SMILES string of the molecule is CC(C)Nc1nc(N)cn1C(C)C. The van der Waals surface area contributed by atoms with E-state index < -0.39 is 0 Å². The minimum Gasteiger partial charge on any atom is -0.382 e. The molecule has 0 saturated carbocycles. The Hall–Kier alpha value is -1.19. The van der Waals surface area contributed by atoms with Crippen LogP contribution in [-0.2, 0) is 0 Å². The Labute approximate surface area is 79.1 Å². The van der Waals surface area contributed by atoms with E-state index in [9.17, 15) is 0 Å². The van der Waals surface area contributed by atoms with Crippen molar-refractivity contribution in [2.24, 2.45) is 0 Å². The zero-order valence-corrected chi connectivity index (χ0v) is 8.70. The maximum absolute atomic E-state index is 5.62. The molecule has 3 N–H and O–H groups in total. The van der Waals surface area contributed by atoms with Crippen molar-refractivity contribution in [3.63, 3.8) is 0 Å². The largest absolute Gasteiger partial charge is 0.382 e. The first-order chi connectivity index (χ1) is 6.00. The lowest BCUT2D eigenvalue weighted by atomic mass is 10.4. The molecule has 4 nitrogen and oxygen atoms in total. The summed E-state index contributed by atoms with van der Waals surface area (Å²) in [4.78, 5) is 4.20. The average Bonchev–Trinajstić information content (AvgIpc) is 2.29. The molecule has 0 aliphatic rings.